The molecule has 7 heteroatoms. The van der Waals surface area contributed by atoms with Crippen LogP contribution in [0.25, 0.3) is 0 Å². The van der Waals surface area contributed by atoms with E-state index in [0.29, 0.717) is 18.7 Å². The topological polar surface area (TPSA) is 145 Å². The summed E-state index contributed by atoms with van der Waals surface area (Å²) in [5.74, 6) is 0.247. The predicted octanol–water partition coefficient (Wildman–Crippen LogP) is 5.05. The van der Waals surface area contributed by atoms with E-state index >= 15 is 0 Å². The van der Waals surface area contributed by atoms with E-state index in [0.717, 1.165) is 42.1 Å². The van der Waals surface area contributed by atoms with Crippen molar-refractivity contribution in [1.82, 2.24) is 4.98 Å². The highest BCUT2D eigenvalue weighted by Gasteiger charge is 2.08. The molecule has 0 aliphatic heterocycles. The SMILES string of the molecule is CCC(N)C=O.CCCc1ccc(C)cc1.CCc1cnc(C)c(O)c1CN.Cc1ccc(CC(N)C=O)cc1. The first kappa shape index (κ1) is 36.6. The van der Waals surface area contributed by atoms with Crippen LogP contribution in [0.1, 0.15) is 72.7 Å². The summed E-state index contributed by atoms with van der Waals surface area (Å²) in [5, 5.41) is 9.57. The second-order valence-corrected chi connectivity index (χ2v) is 9.69. The van der Waals surface area contributed by atoms with Crippen molar-refractivity contribution < 1.29 is 14.7 Å². The van der Waals surface area contributed by atoms with Gasteiger partial charge >= 0.3 is 0 Å². The third kappa shape index (κ3) is 15.3. The molecule has 2 atom stereocenters. The molecule has 0 aliphatic carbocycles. The predicted molar refractivity (Wildman–Crippen MR) is 166 cm³/mol. The molecule has 7 nitrogen and oxygen atoms in total. The van der Waals surface area contributed by atoms with E-state index in [4.69, 9.17) is 17.2 Å². The molecule has 0 aliphatic rings. The van der Waals surface area contributed by atoms with Crippen molar-refractivity contribution in [3.8, 4) is 5.75 Å². The second-order valence-electron chi connectivity index (χ2n) is 9.69. The lowest BCUT2D eigenvalue weighted by Crippen LogP contribution is -2.23. The minimum absolute atomic E-state index is 0.245. The zero-order valence-corrected chi connectivity index (χ0v) is 25.2. The lowest BCUT2D eigenvalue weighted by Gasteiger charge is -2.08. The van der Waals surface area contributed by atoms with Gasteiger partial charge in [0.2, 0.25) is 0 Å². The van der Waals surface area contributed by atoms with Gasteiger partial charge in [0.05, 0.1) is 17.8 Å². The molecule has 0 bridgehead atoms. The highest BCUT2D eigenvalue weighted by Crippen LogP contribution is 2.23. The van der Waals surface area contributed by atoms with E-state index in [9.17, 15) is 14.7 Å². The van der Waals surface area contributed by atoms with Crippen molar-refractivity contribution in [2.24, 2.45) is 17.2 Å². The van der Waals surface area contributed by atoms with Gasteiger partial charge in [0.15, 0.2) is 0 Å². The third-order valence-corrected chi connectivity index (χ3v) is 6.09. The van der Waals surface area contributed by atoms with Gasteiger partial charge in [0.25, 0.3) is 0 Å². The summed E-state index contributed by atoms with van der Waals surface area (Å²) in [5.41, 5.74) is 23.7. The Balaban J connectivity index is 0.000000522. The highest BCUT2D eigenvalue weighted by molar-refractivity contribution is 5.57. The standard InChI is InChI=1S/C10H13NO.C10H14.C9H14N2O.C4H9NO/c1-8-2-4-9(5-3-8)6-10(11)7-12;1-3-4-10-7-5-9(2)6-8-10;1-3-7-5-11-6(2)9(12)8(7)4-10;1-2-4(5)3-6/h2-5,7,10H,6,11H2,1H3;5-8H,3-4H2,1-2H3;5,12H,3-4,10H2,1-2H3;3-4H,2,5H2,1H3. The van der Waals surface area contributed by atoms with Crippen LogP contribution in [-0.2, 0) is 35.4 Å². The van der Waals surface area contributed by atoms with Crippen LogP contribution in [0.15, 0.2) is 54.7 Å². The van der Waals surface area contributed by atoms with E-state index in [1.54, 1.807) is 13.1 Å². The van der Waals surface area contributed by atoms with Crippen LogP contribution in [0, 0.1) is 20.8 Å². The Hall–Kier alpha value is -3.39. The number of nitrogens with two attached hydrogens (primary N) is 3. The van der Waals surface area contributed by atoms with Crippen LogP contribution < -0.4 is 17.2 Å². The van der Waals surface area contributed by atoms with Crippen LogP contribution in [0.4, 0.5) is 0 Å². The number of benzene rings is 2. The van der Waals surface area contributed by atoms with Crippen molar-refractivity contribution in [3.63, 3.8) is 0 Å². The van der Waals surface area contributed by atoms with Crippen molar-refractivity contribution in [2.45, 2.75) is 92.3 Å². The number of aldehydes is 2. The molecule has 7 N–H and O–H groups in total. The lowest BCUT2D eigenvalue weighted by molar-refractivity contribution is -0.109. The highest BCUT2D eigenvalue weighted by atomic mass is 16.3. The number of nitrogens with zero attached hydrogens (tertiary/aromatic N) is 1. The Bertz CT molecular complexity index is 1100. The summed E-state index contributed by atoms with van der Waals surface area (Å²) in [6, 6.07) is 16.2. The Morgan fingerprint density at radius 1 is 0.825 bits per heavy atom. The average Bonchev–Trinajstić information content (AvgIpc) is 2.97. The number of hydrogen-bond acceptors (Lipinski definition) is 7. The molecule has 0 spiro atoms. The maximum Gasteiger partial charge on any atom is 0.141 e. The molecule has 0 saturated heterocycles. The number of carbonyl (C=O) groups excluding carboxylic acids is 2. The minimum atomic E-state index is -0.368. The molecular weight excluding hydrogens is 500 g/mol. The quantitative estimate of drug-likeness (QED) is 0.273. The van der Waals surface area contributed by atoms with E-state index in [2.05, 4.69) is 43.1 Å². The van der Waals surface area contributed by atoms with Gasteiger partial charge in [-0.2, -0.15) is 0 Å². The van der Waals surface area contributed by atoms with Crippen LogP contribution >= 0.6 is 0 Å². The molecule has 0 amide bonds. The molecule has 0 fully saturated rings. The molecule has 2 unspecified atom stereocenters. The van der Waals surface area contributed by atoms with Crippen LogP contribution in [0.5, 0.6) is 5.75 Å². The Labute approximate surface area is 241 Å². The molecule has 0 saturated carbocycles. The second kappa shape index (κ2) is 21.4. The molecule has 40 heavy (non-hydrogen) atoms. The van der Waals surface area contributed by atoms with Gasteiger partial charge in [0.1, 0.15) is 18.3 Å². The molecule has 3 rings (SSSR count). The fourth-order valence-electron chi connectivity index (χ4n) is 3.40. The van der Waals surface area contributed by atoms with E-state index in [-0.39, 0.29) is 17.8 Å². The number of pyridine rings is 1. The van der Waals surface area contributed by atoms with Gasteiger partial charge < -0.3 is 31.9 Å². The van der Waals surface area contributed by atoms with Gasteiger partial charge in [-0.25, -0.2) is 0 Å². The third-order valence-electron chi connectivity index (χ3n) is 6.09. The molecule has 3 aromatic rings. The average molecular weight is 551 g/mol. The number of aryl methyl sites for hydroxylation is 5. The number of carbonyl (C=O) groups is 2. The maximum atomic E-state index is 10.3. The summed E-state index contributed by atoms with van der Waals surface area (Å²) in [6.07, 6.45) is 7.97. The van der Waals surface area contributed by atoms with Crippen LogP contribution in [0.2, 0.25) is 0 Å². The molecule has 1 aromatic heterocycles. The zero-order valence-electron chi connectivity index (χ0n) is 25.2. The monoisotopic (exact) mass is 550 g/mol. The summed E-state index contributed by atoms with van der Waals surface area (Å²) >= 11 is 0. The molecule has 2 aromatic carbocycles. The van der Waals surface area contributed by atoms with E-state index in [1.165, 1.54) is 29.5 Å². The first-order valence-corrected chi connectivity index (χ1v) is 14.0. The summed E-state index contributed by atoms with van der Waals surface area (Å²) < 4.78 is 0. The van der Waals surface area contributed by atoms with E-state index in [1.807, 2.05) is 45.0 Å². The molecule has 0 radical (unpaired) electrons. The van der Waals surface area contributed by atoms with Gasteiger partial charge in [-0.15, -0.1) is 0 Å². The van der Waals surface area contributed by atoms with Gasteiger partial charge in [-0.05, 0) is 63.1 Å². The fraction of sp³-hybridized carbons (Fsp3) is 0.424. The Kier molecular flexibility index (Phi) is 19.6. The van der Waals surface area contributed by atoms with Gasteiger partial charge in [-0.3, -0.25) is 4.98 Å². The van der Waals surface area contributed by atoms with Crippen molar-refractivity contribution in [1.29, 1.82) is 0 Å². The zero-order chi connectivity index (χ0) is 30.5. The number of aromatic nitrogens is 1. The molecule has 1 heterocycles. The lowest BCUT2D eigenvalue weighted by atomic mass is 10.1. The summed E-state index contributed by atoms with van der Waals surface area (Å²) in [7, 11) is 0. The normalized spacial score (nSPS) is 11.3. The van der Waals surface area contributed by atoms with Gasteiger partial charge in [0, 0.05) is 18.3 Å². The van der Waals surface area contributed by atoms with Crippen molar-refractivity contribution in [2.75, 3.05) is 0 Å². The summed E-state index contributed by atoms with van der Waals surface area (Å²) in [6.45, 7) is 12.4. The summed E-state index contributed by atoms with van der Waals surface area (Å²) in [4.78, 5) is 23.9. The van der Waals surface area contributed by atoms with E-state index < -0.39 is 0 Å². The minimum Gasteiger partial charge on any atom is -0.506 e. The molecular formula is C33H50N4O3. The number of hydrogen-bond donors (Lipinski definition) is 4. The fourth-order valence-corrected chi connectivity index (χ4v) is 3.40. The number of aromatic hydroxyl groups is 1. The Morgan fingerprint density at radius 3 is 1.70 bits per heavy atom. The Morgan fingerprint density at radius 2 is 1.32 bits per heavy atom. The van der Waals surface area contributed by atoms with Gasteiger partial charge in [-0.1, -0.05) is 86.8 Å². The number of rotatable bonds is 9. The van der Waals surface area contributed by atoms with Crippen LogP contribution in [-0.4, -0.2) is 34.7 Å². The molecule has 220 valence electrons. The first-order valence-electron chi connectivity index (χ1n) is 14.0. The van der Waals surface area contributed by atoms with Crippen LogP contribution in [0.3, 0.4) is 0 Å². The first-order chi connectivity index (χ1) is 19.1. The maximum absolute atomic E-state index is 10.3. The van der Waals surface area contributed by atoms with Crippen molar-refractivity contribution in [3.05, 3.63) is 93.8 Å². The largest absolute Gasteiger partial charge is 0.506 e. The smallest absolute Gasteiger partial charge is 0.141 e. The van der Waals surface area contributed by atoms with Crippen molar-refractivity contribution >= 4 is 12.6 Å².